The van der Waals surface area contributed by atoms with Gasteiger partial charge in [-0.1, -0.05) is 12.5 Å². The Morgan fingerprint density at radius 1 is 1.06 bits per heavy atom. The first kappa shape index (κ1) is 26.3. The zero-order valence-corrected chi connectivity index (χ0v) is 21.9. The summed E-state index contributed by atoms with van der Waals surface area (Å²) < 4.78 is 5.63. The number of carbonyl (C=O) groups is 2. The van der Waals surface area contributed by atoms with Crippen molar-refractivity contribution in [3.63, 3.8) is 0 Å². The molecule has 4 saturated carbocycles. The van der Waals surface area contributed by atoms with E-state index in [-0.39, 0.29) is 29.6 Å². The van der Waals surface area contributed by atoms with Gasteiger partial charge in [-0.25, -0.2) is 4.79 Å². The average molecular weight is 507 g/mol. The van der Waals surface area contributed by atoms with Crippen LogP contribution in [0.25, 0.3) is 0 Å². The van der Waals surface area contributed by atoms with Crippen molar-refractivity contribution in [3.8, 4) is 0 Å². The van der Waals surface area contributed by atoms with Gasteiger partial charge >= 0.3 is 5.97 Å². The van der Waals surface area contributed by atoms with Crippen molar-refractivity contribution >= 4 is 11.8 Å². The number of rotatable bonds is 3. The summed E-state index contributed by atoms with van der Waals surface area (Å²) >= 11 is 0. The molecule has 5 N–H and O–H groups in total. The lowest BCUT2D eigenvalue weighted by Crippen LogP contribution is -2.73. The normalized spacial score (nSPS) is 50.6. The first-order chi connectivity index (χ1) is 16.7. The second kappa shape index (κ2) is 8.09. The molecule has 202 valence electrons. The minimum absolute atomic E-state index is 0.0326. The summed E-state index contributed by atoms with van der Waals surface area (Å²) in [6.45, 7) is 6.81. The van der Waals surface area contributed by atoms with Crippen LogP contribution >= 0.6 is 0 Å². The number of ketones is 1. The van der Waals surface area contributed by atoms with E-state index in [2.05, 4.69) is 0 Å². The lowest BCUT2D eigenvalue weighted by molar-refractivity contribution is -0.276. The SMILES string of the molecule is CC1=C(CO)C(=O)O[C@@H]([C@](C)(O)[C@H]2CC[C@@]3(O)[C@@H]4C[C@@H](O)[C@@]5(O)CCCC(=O)[C@]5(C)C4CC[C@]23C)C1. The molecule has 36 heavy (non-hydrogen) atoms. The molecule has 0 radical (unpaired) electrons. The van der Waals surface area contributed by atoms with Gasteiger partial charge in [0.25, 0.3) is 0 Å². The molecule has 0 aromatic rings. The minimum atomic E-state index is -1.48. The third kappa shape index (κ3) is 3.05. The number of Topliss-reactive ketones (excluding diaryl/α,β-unsaturated/α-hetero) is 1. The van der Waals surface area contributed by atoms with Crippen LogP contribution < -0.4 is 0 Å². The highest BCUT2D eigenvalue weighted by Gasteiger charge is 2.74. The van der Waals surface area contributed by atoms with Crippen LogP contribution in [0.3, 0.4) is 0 Å². The molecule has 1 aliphatic heterocycles. The lowest BCUT2D eigenvalue weighted by atomic mass is 9.41. The van der Waals surface area contributed by atoms with Crippen LogP contribution in [-0.2, 0) is 14.3 Å². The zero-order chi connectivity index (χ0) is 26.5. The number of hydrogen-bond acceptors (Lipinski definition) is 8. The molecule has 5 aliphatic rings. The van der Waals surface area contributed by atoms with E-state index < -0.39 is 58.3 Å². The third-order valence-electron chi connectivity index (χ3n) is 11.9. The van der Waals surface area contributed by atoms with Crippen molar-refractivity contribution in [3.05, 3.63) is 11.1 Å². The summed E-state index contributed by atoms with van der Waals surface area (Å²) in [5, 5.41) is 56.6. The Hall–Kier alpha value is -1.32. The number of esters is 1. The van der Waals surface area contributed by atoms with Crippen LogP contribution in [0.1, 0.15) is 85.5 Å². The van der Waals surface area contributed by atoms with Crippen molar-refractivity contribution in [1.29, 1.82) is 0 Å². The van der Waals surface area contributed by atoms with Crippen LogP contribution in [0.5, 0.6) is 0 Å². The molecule has 0 bridgehead atoms. The molecule has 0 saturated heterocycles. The van der Waals surface area contributed by atoms with E-state index >= 15 is 0 Å². The number of ether oxygens (including phenoxy) is 1. The number of aliphatic hydroxyl groups excluding tert-OH is 2. The van der Waals surface area contributed by atoms with Gasteiger partial charge < -0.3 is 30.3 Å². The maximum absolute atomic E-state index is 13.3. The summed E-state index contributed by atoms with van der Waals surface area (Å²) in [5.74, 6) is -1.69. The molecule has 0 amide bonds. The molecule has 4 aliphatic carbocycles. The Labute approximate surface area is 212 Å². The van der Waals surface area contributed by atoms with Crippen molar-refractivity contribution in [2.45, 2.75) is 114 Å². The monoisotopic (exact) mass is 506 g/mol. The van der Waals surface area contributed by atoms with Crippen LogP contribution in [-0.4, -0.2) is 72.9 Å². The molecule has 0 aromatic carbocycles. The highest BCUT2D eigenvalue weighted by atomic mass is 16.6. The number of hydrogen-bond donors (Lipinski definition) is 5. The van der Waals surface area contributed by atoms with Gasteiger partial charge in [-0.3, -0.25) is 4.79 Å². The minimum Gasteiger partial charge on any atom is -0.456 e. The van der Waals surface area contributed by atoms with Gasteiger partial charge in [0.1, 0.15) is 23.1 Å². The standard InChI is InChI=1S/C28H42O8/c1-15-12-22(36-23(32)16(15)14-29)26(4,33)19-8-11-27(34)18-13-21(31)28(35)9-5-6-20(30)25(28,3)17(18)7-10-24(19,27)2/h17-19,21-22,29,31,33-35H,5-14H2,1-4H3/t17?,18-,19+,21-,22-,24-,25+,26-,27-,28+/m1/s1. The van der Waals surface area contributed by atoms with Gasteiger partial charge in [0.2, 0.25) is 0 Å². The molecule has 4 fully saturated rings. The molecule has 0 aromatic heterocycles. The Balaban J connectivity index is 1.49. The zero-order valence-electron chi connectivity index (χ0n) is 21.9. The van der Waals surface area contributed by atoms with Gasteiger partial charge in [-0.2, -0.15) is 0 Å². The molecule has 0 spiro atoms. The van der Waals surface area contributed by atoms with Gasteiger partial charge in [0.05, 0.1) is 29.3 Å². The maximum atomic E-state index is 13.3. The molecular formula is C28H42O8. The van der Waals surface area contributed by atoms with E-state index in [1.165, 1.54) is 0 Å². The molecule has 8 heteroatoms. The maximum Gasteiger partial charge on any atom is 0.336 e. The van der Waals surface area contributed by atoms with Crippen LogP contribution in [0.2, 0.25) is 0 Å². The van der Waals surface area contributed by atoms with Gasteiger partial charge in [0.15, 0.2) is 0 Å². The van der Waals surface area contributed by atoms with E-state index in [9.17, 15) is 35.1 Å². The highest BCUT2D eigenvalue weighted by molar-refractivity contribution is 5.90. The first-order valence-corrected chi connectivity index (χ1v) is 13.6. The van der Waals surface area contributed by atoms with Crippen molar-refractivity contribution in [2.24, 2.45) is 28.6 Å². The largest absolute Gasteiger partial charge is 0.456 e. The molecule has 5 rings (SSSR count). The number of carbonyl (C=O) groups excluding carboxylic acids is 2. The Bertz CT molecular complexity index is 1000. The summed E-state index contributed by atoms with van der Waals surface area (Å²) in [6, 6.07) is 0. The Kier molecular flexibility index (Phi) is 5.91. The molecular weight excluding hydrogens is 464 g/mol. The van der Waals surface area contributed by atoms with Gasteiger partial charge in [-0.05, 0) is 83.5 Å². The predicted octanol–water partition coefficient (Wildman–Crippen LogP) is 1.79. The number of fused-ring (bicyclic) bond motifs is 5. The van der Waals surface area contributed by atoms with E-state index in [4.69, 9.17) is 4.74 Å². The predicted molar refractivity (Wildman–Crippen MR) is 129 cm³/mol. The molecule has 8 nitrogen and oxygen atoms in total. The molecule has 10 atom stereocenters. The second-order valence-electron chi connectivity index (χ2n) is 13.1. The third-order valence-corrected chi connectivity index (χ3v) is 11.9. The van der Waals surface area contributed by atoms with Gasteiger partial charge in [-0.15, -0.1) is 0 Å². The second-order valence-corrected chi connectivity index (χ2v) is 13.1. The smallest absolute Gasteiger partial charge is 0.336 e. The topological polar surface area (TPSA) is 145 Å². The highest BCUT2D eigenvalue weighted by Crippen LogP contribution is 2.70. The van der Waals surface area contributed by atoms with E-state index in [0.29, 0.717) is 56.9 Å². The summed E-state index contributed by atoms with van der Waals surface area (Å²) in [6.07, 6.45) is 1.98. The van der Waals surface area contributed by atoms with Crippen molar-refractivity contribution < 1.29 is 39.9 Å². The van der Waals surface area contributed by atoms with Crippen LogP contribution in [0, 0.1) is 28.6 Å². The van der Waals surface area contributed by atoms with Crippen molar-refractivity contribution in [2.75, 3.05) is 6.61 Å². The number of cyclic esters (lactones) is 1. The lowest BCUT2D eigenvalue weighted by Gasteiger charge is -2.66. The first-order valence-electron chi connectivity index (χ1n) is 13.6. The summed E-state index contributed by atoms with van der Waals surface area (Å²) in [7, 11) is 0. The van der Waals surface area contributed by atoms with E-state index in [1.54, 1.807) is 20.8 Å². The molecule has 1 unspecified atom stereocenters. The Morgan fingerprint density at radius 3 is 2.39 bits per heavy atom. The fourth-order valence-electron chi connectivity index (χ4n) is 9.57. The van der Waals surface area contributed by atoms with E-state index in [0.717, 1.165) is 0 Å². The fourth-order valence-corrected chi connectivity index (χ4v) is 9.57. The molecule has 1 heterocycles. The van der Waals surface area contributed by atoms with Crippen LogP contribution in [0.4, 0.5) is 0 Å². The van der Waals surface area contributed by atoms with Gasteiger partial charge in [0, 0.05) is 18.3 Å². The number of aliphatic hydroxyl groups is 5. The quantitative estimate of drug-likeness (QED) is 0.365. The van der Waals surface area contributed by atoms with Crippen LogP contribution in [0.15, 0.2) is 11.1 Å². The van der Waals surface area contributed by atoms with Crippen molar-refractivity contribution in [1.82, 2.24) is 0 Å². The fraction of sp³-hybridized carbons (Fsp3) is 0.857. The Morgan fingerprint density at radius 2 is 1.75 bits per heavy atom. The average Bonchev–Trinajstić information content (AvgIpc) is 3.09. The summed E-state index contributed by atoms with van der Waals surface area (Å²) in [4.78, 5) is 25.8. The summed E-state index contributed by atoms with van der Waals surface area (Å²) in [5.41, 5.74) is -5.09. The van der Waals surface area contributed by atoms with E-state index in [1.807, 2.05) is 6.92 Å².